The number of fused-ring (bicyclic) bond motifs is 1. The molecule has 0 spiro atoms. The molecule has 0 aliphatic rings. The van der Waals surface area contributed by atoms with Gasteiger partial charge in [0.2, 0.25) is 11.6 Å². The third-order valence-electron chi connectivity index (χ3n) is 3.59. The van der Waals surface area contributed by atoms with E-state index in [4.69, 9.17) is 11.6 Å². The molecule has 0 aliphatic heterocycles. The number of nitrogens with one attached hydrogen (secondary N) is 3. The van der Waals surface area contributed by atoms with Gasteiger partial charge < -0.3 is 15.7 Å². The average molecular weight is 348 g/mol. The van der Waals surface area contributed by atoms with E-state index in [-0.39, 0.29) is 18.6 Å². The normalized spacial score (nSPS) is 12.5. The van der Waals surface area contributed by atoms with E-state index in [0.29, 0.717) is 28.0 Å². The minimum atomic E-state index is -0.159. The minimum Gasteiger partial charge on any atom is -0.394 e. The molecular weight excluding hydrogens is 330 g/mol. The Morgan fingerprint density at radius 2 is 2.08 bits per heavy atom. The molecule has 1 aromatic carbocycles. The molecule has 3 aromatic rings. The van der Waals surface area contributed by atoms with Crippen molar-refractivity contribution < 1.29 is 5.11 Å². The summed E-state index contributed by atoms with van der Waals surface area (Å²) in [6.07, 6.45) is 0. The number of aliphatic hydroxyl groups is 1. The van der Waals surface area contributed by atoms with Crippen molar-refractivity contribution in [2.24, 2.45) is 5.92 Å². The van der Waals surface area contributed by atoms with Gasteiger partial charge in [0.15, 0.2) is 11.3 Å². The quantitative estimate of drug-likeness (QED) is 0.542. The van der Waals surface area contributed by atoms with E-state index in [1.807, 2.05) is 26.0 Å². The fraction of sp³-hybridized carbons (Fsp3) is 0.333. The highest BCUT2D eigenvalue weighted by Crippen LogP contribution is 2.24. The van der Waals surface area contributed by atoms with E-state index in [9.17, 15) is 5.11 Å². The summed E-state index contributed by atoms with van der Waals surface area (Å²) in [5.41, 5.74) is 1.72. The first-order valence-corrected chi connectivity index (χ1v) is 7.93. The molecule has 24 heavy (non-hydrogen) atoms. The zero-order chi connectivity index (χ0) is 17.1. The Morgan fingerprint density at radius 3 is 2.79 bits per heavy atom. The van der Waals surface area contributed by atoms with Gasteiger partial charge in [0.05, 0.1) is 12.6 Å². The second-order valence-corrected chi connectivity index (χ2v) is 6.14. The number of aromatic nitrogens is 5. The lowest BCUT2D eigenvalue weighted by Crippen LogP contribution is -2.30. The van der Waals surface area contributed by atoms with Crippen LogP contribution >= 0.6 is 11.6 Å². The van der Waals surface area contributed by atoms with Crippen molar-refractivity contribution in [3.63, 3.8) is 0 Å². The fourth-order valence-corrected chi connectivity index (χ4v) is 2.38. The molecule has 8 nitrogen and oxygen atoms in total. The van der Waals surface area contributed by atoms with Crippen LogP contribution in [0.1, 0.15) is 13.8 Å². The summed E-state index contributed by atoms with van der Waals surface area (Å²) in [7, 11) is 0. The van der Waals surface area contributed by atoms with E-state index >= 15 is 0 Å². The molecule has 0 amide bonds. The van der Waals surface area contributed by atoms with E-state index < -0.39 is 0 Å². The van der Waals surface area contributed by atoms with Crippen LogP contribution in [0.4, 0.5) is 17.5 Å². The van der Waals surface area contributed by atoms with Gasteiger partial charge in [-0.3, -0.25) is 0 Å². The topological polar surface area (TPSA) is 112 Å². The van der Waals surface area contributed by atoms with Crippen LogP contribution in [0.2, 0.25) is 5.02 Å². The number of hydrogen-bond donors (Lipinski definition) is 4. The lowest BCUT2D eigenvalue weighted by molar-refractivity contribution is 0.248. The number of H-pyrrole nitrogens is 1. The molecule has 4 N–H and O–H groups in total. The summed E-state index contributed by atoms with van der Waals surface area (Å²) >= 11 is 6.01. The predicted octanol–water partition coefficient (Wildman–Crippen LogP) is 2.57. The molecule has 0 radical (unpaired) electrons. The SMILES string of the molecule is CC(C)[C@H](CO)Nc1nc(Nc2cccc(Cl)c2)c2n[nH]nc2n1. The largest absolute Gasteiger partial charge is 0.394 e. The number of halogens is 1. The molecule has 0 unspecified atom stereocenters. The molecule has 3 rings (SSSR count). The van der Waals surface area contributed by atoms with E-state index in [1.165, 1.54) is 0 Å². The summed E-state index contributed by atoms with van der Waals surface area (Å²) in [6, 6.07) is 7.13. The minimum absolute atomic E-state index is 0.0189. The molecule has 2 aromatic heterocycles. The Hall–Kier alpha value is -2.45. The molecule has 2 heterocycles. The second-order valence-electron chi connectivity index (χ2n) is 5.70. The van der Waals surface area contributed by atoms with Gasteiger partial charge in [-0.05, 0) is 24.1 Å². The highest BCUT2D eigenvalue weighted by molar-refractivity contribution is 6.30. The smallest absolute Gasteiger partial charge is 0.227 e. The van der Waals surface area contributed by atoms with E-state index in [2.05, 4.69) is 36.0 Å². The van der Waals surface area contributed by atoms with Gasteiger partial charge in [-0.25, -0.2) is 0 Å². The van der Waals surface area contributed by atoms with Crippen LogP contribution in [0.25, 0.3) is 11.2 Å². The molecule has 1 atom stereocenters. The Bertz CT molecular complexity index is 836. The van der Waals surface area contributed by atoms with Gasteiger partial charge >= 0.3 is 0 Å². The van der Waals surface area contributed by atoms with Crippen LogP contribution in [0.15, 0.2) is 24.3 Å². The number of nitrogens with zero attached hydrogens (tertiary/aromatic N) is 4. The summed E-state index contributed by atoms with van der Waals surface area (Å²) < 4.78 is 0. The van der Waals surface area contributed by atoms with Crippen molar-refractivity contribution in [2.45, 2.75) is 19.9 Å². The first-order valence-electron chi connectivity index (χ1n) is 7.55. The molecule has 0 aliphatic carbocycles. The third kappa shape index (κ3) is 3.55. The van der Waals surface area contributed by atoms with Gasteiger partial charge in [0.1, 0.15) is 0 Å². The van der Waals surface area contributed by atoms with Crippen molar-refractivity contribution in [1.82, 2.24) is 25.4 Å². The fourth-order valence-electron chi connectivity index (χ4n) is 2.19. The van der Waals surface area contributed by atoms with Gasteiger partial charge in [0, 0.05) is 10.7 Å². The number of hydrogen-bond acceptors (Lipinski definition) is 7. The second kappa shape index (κ2) is 6.98. The number of rotatable bonds is 6. The summed E-state index contributed by atoms with van der Waals surface area (Å²) in [6.45, 7) is 4.00. The van der Waals surface area contributed by atoms with Crippen molar-refractivity contribution in [2.75, 3.05) is 17.2 Å². The number of aromatic amines is 1. The van der Waals surface area contributed by atoms with Crippen LogP contribution in [0.5, 0.6) is 0 Å². The van der Waals surface area contributed by atoms with Crippen LogP contribution in [0, 0.1) is 5.92 Å². The molecular formula is C15H18ClN7O. The van der Waals surface area contributed by atoms with Crippen LogP contribution < -0.4 is 10.6 Å². The standard InChI is InChI=1S/C15H18ClN7O/c1-8(2)11(7-24)18-15-19-13(12-14(20-15)22-23-21-12)17-10-5-3-4-9(16)6-10/h3-6,8,11,24H,7H2,1-2H3,(H3,17,18,19,20,21,22,23)/t11-/m0/s1. The summed E-state index contributed by atoms with van der Waals surface area (Å²) in [5, 5.41) is 27.0. The first-order chi connectivity index (χ1) is 11.6. The Labute approximate surface area is 143 Å². The van der Waals surface area contributed by atoms with E-state index in [1.54, 1.807) is 12.1 Å². The molecule has 0 saturated heterocycles. The third-order valence-corrected chi connectivity index (χ3v) is 3.82. The zero-order valence-electron chi connectivity index (χ0n) is 13.3. The van der Waals surface area contributed by atoms with Crippen LogP contribution in [0.3, 0.4) is 0 Å². The lowest BCUT2D eigenvalue weighted by atomic mass is 10.1. The summed E-state index contributed by atoms with van der Waals surface area (Å²) in [5.74, 6) is 1.09. The monoisotopic (exact) mass is 347 g/mol. The van der Waals surface area contributed by atoms with Gasteiger partial charge in [-0.1, -0.05) is 31.5 Å². The number of anilines is 3. The molecule has 0 saturated carbocycles. The van der Waals surface area contributed by atoms with Crippen molar-refractivity contribution in [3.05, 3.63) is 29.3 Å². The van der Waals surface area contributed by atoms with Crippen molar-refractivity contribution in [1.29, 1.82) is 0 Å². The Morgan fingerprint density at radius 1 is 1.25 bits per heavy atom. The maximum atomic E-state index is 9.48. The molecule has 0 bridgehead atoms. The Kier molecular flexibility index (Phi) is 4.77. The maximum absolute atomic E-state index is 9.48. The predicted molar refractivity (Wildman–Crippen MR) is 93.5 cm³/mol. The highest BCUT2D eigenvalue weighted by atomic mass is 35.5. The Balaban J connectivity index is 1.95. The van der Waals surface area contributed by atoms with Crippen molar-refractivity contribution >= 4 is 40.2 Å². The highest BCUT2D eigenvalue weighted by Gasteiger charge is 2.17. The summed E-state index contributed by atoms with van der Waals surface area (Å²) in [4.78, 5) is 8.78. The van der Waals surface area contributed by atoms with Gasteiger partial charge in [-0.15, -0.1) is 5.10 Å². The van der Waals surface area contributed by atoms with Gasteiger partial charge in [-0.2, -0.15) is 20.3 Å². The van der Waals surface area contributed by atoms with Crippen LogP contribution in [-0.2, 0) is 0 Å². The molecule has 126 valence electrons. The van der Waals surface area contributed by atoms with Crippen LogP contribution in [-0.4, -0.2) is 43.1 Å². The number of aliphatic hydroxyl groups excluding tert-OH is 1. The molecule has 9 heteroatoms. The van der Waals surface area contributed by atoms with Gasteiger partial charge in [0.25, 0.3) is 0 Å². The first kappa shape index (κ1) is 16.4. The van der Waals surface area contributed by atoms with Crippen molar-refractivity contribution in [3.8, 4) is 0 Å². The average Bonchev–Trinajstić information content (AvgIpc) is 3.01. The molecule has 0 fully saturated rings. The van der Waals surface area contributed by atoms with E-state index in [0.717, 1.165) is 5.69 Å². The zero-order valence-corrected chi connectivity index (χ0v) is 14.0. The lowest BCUT2D eigenvalue weighted by Gasteiger charge is -2.20. The maximum Gasteiger partial charge on any atom is 0.227 e. The number of benzene rings is 1.